The third kappa shape index (κ3) is 8.12. The summed E-state index contributed by atoms with van der Waals surface area (Å²) in [6, 6.07) is 0. The molecule has 5 saturated heterocycles. The van der Waals surface area contributed by atoms with Gasteiger partial charge in [0.05, 0.1) is 32.0 Å². The van der Waals surface area contributed by atoms with Crippen molar-refractivity contribution >= 4 is 0 Å². The molecule has 0 spiro atoms. The second-order valence-electron chi connectivity index (χ2n) is 13.0. The molecule has 0 unspecified atom stereocenters. The van der Waals surface area contributed by atoms with Gasteiger partial charge in [0.25, 0.3) is 0 Å². The molecule has 22 nitrogen and oxygen atoms in total. The number of aliphatic hydroxyl groups is 13. The maximum atomic E-state index is 11.5. The molecule has 23 atom stereocenters. The number of hydrogen-bond donors (Lipinski definition) is 13. The Morgan fingerprint density at radius 1 is 0.440 bits per heavy atom. The Hall–Kier alpha value is -0.880. The minimum atomic E-state index is -2.00. The monoisotopic (exact) mass is 736 g/mol. The first-order valence-corrected chi connectivity index (χ1v) is 16.1. The first kappa shape index (κ1) is 40.3. The van der Waals surface area contributed by atoms with Crippen LogP contribution in [0.25, 0.3) is 0 Å². The highest BCUT2D eigenvalue weighted by Gasteiger charge is 2.55. The van der Waals surface area contributed by atoms with E-state index in [-0.39, 0.29) is 0 Å². The molecule has 0 amide bonds. The summed E-state index contributed by atoms with van der Waals surface area (Å²) in [7, 11) is 0. The zero-order chi connectivity index (χ0) is 36.8. The molecular weight excluding hydrogens is 688 g/mol. The Bertz CT molecular complexity index is 1080. The van der Waals surface area contributed by atoms with Gasteiger partial charge in [-0.05, 0) is 13.8 Å². The molecule has 22 heteroatoms. The van der Waals surface area contributed by atoms with Gasteiger partial charge in [-0.25, -0.2) is 0 Å². The van der Waals surface area contributed by atoms with Crippen LogP contribution in [0.1, 0.15) is 13.8 Å². The van der Waals surface area contributed by atoms with Crippen LogP contribution in [0.4, 0.5) is 0 Å². The van der Waals surface area contributed by atoms with E-state index in [1.807, 2.05) is 0 Å². The number of rotatable bonds is 9. The van der Waals surface area contributed by atoms with E-state index in [1.54, 1.807) is 0 Å². The van der Waals surface area contributed by atoms with Crippen molar-refractivity contribution in [2.75, 3.05) is 19.8 Å². The maximum absolute atomic E-state index is 11.5. The van der Waals surface area contributed by atoms with E-state index in [9.17, 15) is 66.4 Å². The highest BCUT2D eigenvalue weighted by atomic mass is 16.8. The fourth-order valence-electron chi connectivity index (χ4n) is 6.35. The number of hydrogen-bond acceptors (Lipinski definition) is 22. The van der Waals surface area contributed by atoms with Crippen LogP contribution >= 0.6 is 0 Å². The smallest absolute Gasteiger partial charge is 0.187 e. The molecule has 5 rings (SSSR count). The standard InChI is InChI=1S/C28H48O22/c1-6-11(32)15(36)23(24(41)44-6)50-27-19(40)22(20(7(2)45-27)47-25-16(37)12(33)8(30)4-42-25)49-28-18(39)21(14(35)10(3-29)46-28)48-26-17(38)13(34)9(31)5-43-26/h6-41H,3-5H2,1-2H3/t6-,7-,8+,9+,10+,11+,12-,13-,14+,15+,16+,17+,18+,19+,20-,21-,22-,23-,24+,25-,26-,27-,28-/m0/s1. The van der Waals surface area contributed by atoms with Gasteiger partial charge < -0.3 is 109 Å². The molecule has 5 fully saturated rings. The van der Waals surface area contributed by atoms with Gasteiger partial charge in [-0.3, -0.25) is 0 Å². The molecule has 0 bridgehead atoms. The molecule has 0 saturated carbocycles. The molecular formula is C28H48O22. The fourth-order valence-corrected chi connectivity index (χ4v) is 6.35. The first-order chi connectivity index (χ1) is 23.5. The third-order valence-corrected chi connectivity index (χ3v) is 9.45. The fraction of sp³-hybridized carbons (Fsp3) is 1.00. The minimum Gasteiger partial charge on any atom is -0.394 e. The molecule has 50 heavy (non-hydrogen) atoms. The summed E-state index contributed by atoms with van der Waals surface area (Å²) in [5.74, 6) is 0. The van der Waals surface area contributed by atoms with Gasteiger partial charge in [0.2, 0.25) is 0 Å². The summed E-state index contributed by atoms with van der Waals surface area (Å²) in [4.78, 5) is 0. The van der Waals surface area contributed by atoms with Crippen molar-refractivity contribution in [3.63, 3.8) is 0 Å². The van der Waals surface area contributed by atoms with Gasteiger partial charge in [-0.1, -0.05) is 0 Å². The summed E-state index contributed by atoms with van der Waals surface area (Å²) in [6.45, 7) is 0.947. The van der Waals surface area contributed by atoms with Crippen LogP contribution in [0.2, 0.25) is 0 Å². The zero-order valence-corrected chi connectivity index (χ0v) is 26.9. The van der Waals surface area contributed by atoms with Crippen molar-refractivity contribution in [1.82, 2.24) is 0 Å². The van der Waals surface area contributed by atoms with Gasteiger partial charge in [-0.2, -0.15) is 0 Å². The average molecular weight is 737 g/mol. The Labute approximate surface area is 284 Å². The molecule has 5 heterocycles. The molecule has 0 radical (unpaired) electrons. The first-order valence-electron chi connectivity index (χ1n) is 16.1. The predicted octanol–water partition coefficient (Wildman–Crippen LogP) is -8.59. The number of ether oxygens (including phenoxy) is 9. The van der Waals surface area contributed by atoms with Gasteiger partial charge in [-0.15, -0.1) is 0 Å². The van der Waals surface area contributed by atoms with E-state index in [4.69, 9.17) is 42.6 Å². The largest absolute Gasteiger partial charge is 0.394 e. The molecule has 0 aliphatic carbocycles. The highest BCUT2D eigenvalue weighted by molar-refractivity contribution is 4.97. The molecule has 5 aliphatic heterocycles. The lowest BCUT2D eigenvalue weighted by atomic mass is 9.96. The Morgan fingerprint density at radius 2 is 0.920 bits per heavy atom. The normalized spacial score (nSPS) is 55.1. The maximum Gasteiger partial charge on any atom is 0.187 e. The Balaban J connectivity index is 1.40. The van der Waals surface area contributed by atoms with E-state index in [0.717, 1.165) is 0 Å². The molecule has 0 aromatic rings. The SMILES string of the molecule is C[C@@H]1O[C@@H](O)[C@@H](O[C@@H]2O[C@@H](C)[C@H](O[C@@H]3OC[C@@H](O)[C@H](O)[C@H]3O)[C@@H](O[C@@H]3O[C@H](CO)[C@@H](O)[C@H](O[C@@H]4OC[C@@H](O)[C@H](O)[C@H]4O)[C@H]3O)[C@H]2O)[C@H](O)[C@@H]1O. The van der Waals surface area contributed by atoms with E-state index in [0.29, 0.717) is 0 Å². The van der Waals surface area contributed by atoms with Crippen LogP contribution < -0.4 is 0 Å². The van der Waals surface area contributed by atoms with Crippen LogP contribution in [0, 0.1) is 0 Å². The summed E-state index contributed by atoms with van der Waals surface area (Å²) >= 11 is 0. The highest BCUT2D eigenvalue weighted by Crippen LogP contribution is 2.35. The lowest BCUT2D eigenvalue weighted by Gasteiger charge is -2.50. The van der Waals surface area contributed by atoms with Crippen molar-refractivity contribution in [2.45, 2.75) is 155 Å². The zero-order valence-electron chi connectivity index (χ0n) is 26.9. The van der Waals surface area contributed by atoms with Crippen molar-refractivity contribution in [2.24, 2.45) is 0 Å². The summed E-state index contributed by atoms with van der Waals surface area (Å²) in [5, 5.41) is 136. The number of aliphatic hydroxyl groups excluding tert-OH is 13. The summed E-state index contributed by atoms with van der Waals surface area (Å²) in [5.41, 5.74) is 0. The Kier molecular flexibility index (Phi) is 13.4. The van der Waals surface area contributed by atoms with Crippen LogP contribution in [-0.4, -0.2) is 228 Å². The van der Waals surface area contributed by atoms with E-state index >= 15 is 0 Å². The van der Waals surface area contributed by atoms with E-state index < -0.39 is 161 Å². The third-order valence-electron chi connectivity index (χ3n) is 9.45. The summed E-state index contributed by atoms with van der Waals surface area (Å²) in [6.07, 6.45) is -38.3. The predicted molar refractivity (Wildman–Crippen MR) is 152 cm³/mol. The Morgan fingerprint density at radius 3 is 1.48 bits per heavy atom. The van der Waals surface area contributed by atoms with Gasteiger partial charge >= 0.3 is 0 Å². The van der Waals surface area contributed by atoms with E-state index in [2.05, 4.69) is 0 Å². The molecule has 0 aromatic heterocycles. The second-order valence-corrected chi connectivity index (χ2v) is 13.0. The van der Waals surface area contributed by atoms with Crippen LogP contribution in [0.15, 0.2) is 0 Å². The van der Waals surface area contributed by atoms with Crippen molar-refractivity contribution < 1.29 is 109 Å². The second kappa shape index (κ2) is 16.6. The van der Waals surface area contributed by atoms with Gasteiger partial charge in [0, 0.05) is 0 Å². The van der Waals surface area contributed by atoms with Crippen LogP contribution in [-0.2, 0) is 42.6 Å². The lowest BCUT2D eigenvalue weighted by Crippen LogP contribution is -2.67. The molecule has 0 aromatic carbocycles. The molecule has 13 N–H and O–H groups in total. The topological polar surface area (TPSA) is 346 Å². The minimum absolute atomic E-state index is 0.469. The van der Waals surface area contributed by atoms with Gasteiger partial charge in [0.15, 0.2) is 31.5 Å². The van der Waals surface area contributed by atoms with E-state index in [1.165, 1.54) is 13.8 Å². The van der Waals surface area contributed by atoms with Crippen LogP contribution in [0.5, 0.6) is 0 Å². The molecule has 5 aliphatic rings. The van der Waals surface area contributed by atoms with Crippen molar-refractivity contribution in [3.8, 4) is 0 Å². The lowest BCUT2D eigenvalue weighted by molar-refractivity contribution is -0.399. The van der Waals surface area contributed by atoms with Crippen LogP contribution in [0.3, 0.4) is 0 Å². The van der Waals surface area contributed by atoms with Crippen molar-refractivity contribution in [1.29, 1.82) is 0 Å². The van der Waals surface area contributed by atoms with Crippen molar-refractivity contribution in [3.05, 3.63) is 0 Å². The summed E-state index contributed by atoms with van der Waals surface area (Å²) < 4.78 is 50.2. The molecule has 292 valence electrons. The quantitative estimate of drug-likeness (QED) is 0.104. The average Bonchev–Trinajstić information content (AvgIpc) is 3.08. The van der Waals surface area contributed by atoms with Gasteiger partial charge in [0.1, 0.15) is 97.7 Å².